The molecule has 0 aliphatic heterocycles. The van der Waals surface area contributed by atoms with Crippen molar-refractivity contribution in [3.8, 4) is 0 Å². The molecule has 0 bridgehead atoms. The lowest BCUT2D eigenvalue weighted by atomic mass is 10.1. The molecule has 12 heavy (non-hydrogen) atoms. The zero-order chi connectivity index (χ0) is 9.03. The zero-order valence-electron chi connectivity index (χ0n) is 8.10. The molecule has 0 aromatic rings. The van der Waals surface area contributed by atoms with Crippen LogP contribution in [0, 0.1) is 0 Å². The van der Waals surface area contributed by atoms with Gasteiger partial charge in [-0.05, 0) is 38.4 Å². The molecule has 1 rings (SSSR count). The fourth-order valence-electron chi connectivity index (χ4n) is 1.28. The Morgan fingerprint density at radius 3 is 2.75 bits per heavy atom. The summed E-state index contributed by atoms with van der Waals surface area (Å²) in [7, 11) is -1.57. The number of rotatable bonds is 3. The number of allylic oxidation sites excluding steroid dienone is 2. The maximum absolute atomic E-state index is 5.91. The van der Waals surface area contributed by atoms with Crippen LogP contribution in [0.1, 0.15) is 25.7 Å². The normalized spacial score (nSPS) is 18.3. The molecule has 1 aliphatic rings. The summed E-state index contributed by atoms with van der Waals surface area (Å²) in [6.45, 7) is 8.16. The second-order valence-corrected chi connectivity index (χ2v) is 7.65. The molecule has 0 saturated carbocycles. The van der Waals surface area contributed by atoms with Crippen LogP contribution in [0.2, 0.25) is 13.1 Å². The smallest absolute Gasteiger partial charge is 0.268 e. The third-order valence-electron chi connectivity index (χ3n) is 2.14. The first-order valence-electron chi connectivity index (χ1n) is 4.66. The maximum Gasteiger partial charge on any atom is 0.268 e. The Labute approximate surface area is 76.3 Å². The van der Waals surface area contributed by atoms with Crippen molar-refractivity contribution in [1.82, 2.24) is 0 Å². The molecule has 0 unspecified atom stereocenters. The summed E-state index contributed by atoms with van der Waals surface area (Å²) in [6.07, 6.45) is 7.17. The third kappa shape index (κ3) is 2.86. The van der Waals surface area contributed by atoms with E-state index in [0.717, 1.165) is 6.42 Å². The van der Waals surface area contributed by atoms with Crippen LogP contribution in [-0.4, -0.2) is 8.32 Å². The van der Waals surface area contributed by atoms with Gasteiger partial charge in [0.2, 0.25) is 0 Å². The van der Waals surface area contributed by atoms with Crippen LogP contribution in [-0.2, 0) is 4.43 Å². The summed E-state index contributed by atoms with van der Waals surface area (Å²) in [5.74, 6) is 1.21. The Kier molecular flexibility index (Phi) is 3.15. The van der Waals surface area contributed by atoms with E-state index in [1.54, 1.807) is 0 Å². The van der Waals surface area contributed by atoms with Crippen LogP contribution in [0.5, 0.6) is 0 Å². The minimum Gasteiger partial charge on any atom is -0.544 e. The molecule has 68 valence electrons. The Hall–Kier alpha value is -0.503. The van der Waals surface area contributed by atoms with Crippen LogP contribution in [0.4, 0.5) is 0 Å². The quantitative estimate of drug-likeness (QED) is 0.608. The van der Waals surface area contributed by atoms with Crippen LogP contribution < -0.4 is 0 Å². The van der Waals surface area contributed by atoms with Crippen molar-refractivity contribution in [2.24, 2.45) is 0 Å². The SMILES string of the molecule is C=C[Si](C)(C)OC1=CCCCC1. The summed E-state index contributed by atoms with van der Waals surface area (Å²) < 4.78 is 5.91. The van der Waals surface area contributed by atoms with Gasteiger partial charge in [-0.3, -0.25) is 0 Å². The van der Waals surface area contributed by atoms with Gasteiger partial charge in [0, 0.05) is 6.42 Å². The molecule has 0 aromatic carbocycles. The van der Waals surface area contributed by atoms with Crippen LogP contribution >= 0.6 is 0 Å². The van der Waals surface area contributed by atoms with Crippen LogP contribution in [0.3, 0.4) is 0 Å². The van der Waals surface area contributed by atoms with Gasteiger partial charge < -0.3 is 4.43 Å². The molecule has 0 amide bonds. The summed E-state index contributed by atoms with van der Waals surface area (Å²) in [6, 6.07) is 0. The molecule has 0 aromatic heterocycles. The summed E-state index contributed by atoms with van der Waals surface area (Å²) in [5, 5.41) is 0. The van der Waals surface area contributed by atoms with E-state index < -0.39 is 8.32 Å². The monoisotopic (exact) mass is 182 g/mol. The van der Waals surface area contributed by atoms with Gasteiger partial charge >= 0.3 is 0 Å². The van der Waals surface area contributed by atoms with E-state index >= 15 is 0 Å². The third-order valence-corrected chi connectivity index (χ3v) is 3.91. The lowest BCUT2D eigenvalue weighted by Gasteiger charge is -2.24. The summed E-state index contributed by atoms with van der Waals surface area (Å²) in [4.78, 5) is 0. The van der Waals surface area contributed by atoms with Gasteiger partial charge in [0.25, 0.3) is 8.32 Å². The standard InChI is InChI=1S/C10H18OSi/c1-4-12(2,3)11-10-8-6-5-7-9-10/h4,8H,1,5-7,9H2,2-3H3. The zero-order valence-corrected chi connectivity index (χ0v) is 9.10. The Morgan fingerprint density at radius 1 is 1.50 bits per heavy atom. The number of hydrogen-bond acceptors (Lipinski definition) is 1. The first kappa shape index (κ1) is 9.58. The molecule has 0 heterocycles. The van der Waals surface area contributed by atoms with Gasteiger partial charge in [-0.25, -0.2) is 0 Å². The molecule has 0 radical (unpaired) electrons. The molecule has 0 spiro atoms. The van der Waals surface area contributed by atoms with Gasteiger partial charge in [0.1, 0.15) is 0 Å². The highest BCUT2D eigenvalue weighted by molar-refractivity contribution is 6.76. The average Bonchev–Trinajstić information content (AvgIpc) is 2.06. The fraction of sp³-hybridized carbons (Fsp3) is 0.600. The molecular weight excluding hydrogens is 164 g/mol. The van der Waals surface area contributed by atoms with Gasteiger partial charge in [-0.2, -0.15) is 0 Å². The Balaban J connectivity index is 2.49. The second-order valence-electron chi connectivity index (χ2n) is 3.83. The highest BCUT2D eigenvalue weighted by atomic mass is 28.4. The van der Waals surface area contributed by atoms with Crippen molar-refractivity contribution in [1.29, 1.82) is 0 Å². The van der Waals surface area contributed by atoms with Crippen LogP contribution in [0.25, 0.3) is 0 Å². The van der Waals surface area contributed by atoms with Crippen molar-refractivity contribution in [2.45, 2.75) is 38.8 Å². The lowest BCUT2D eigenvalue weighted by Crippen LogP contribution is -2.27. The molecule has 1 aliphatic carbocycles. The molecule has 2 heteroatoms. The van der Waals surface area contributed by atoms with Gasteiger partial charge in [-0.1, -0.05) is 5.70 Å². The van der Waals surface area contributed by atoms with Crippen molar-refractivity contribution in [3.63, 3.8) is 0 Å². The van der Waals surface area contributed by atoms with Crippen molar-refractivity contribution < 1.29 is 4.43 Å². The van der Waals surface area contributed by atoms with Gasteiger partial charge in [0.05, 0.1) is 5.76 Å². The van der Waals surface area contributed by atoms with E-state index in [1.165, 1.54) is 25.0 Å². The maximum atomic E-state index is 5.91. The van der Waals surface area contributed by atoms with E-state index in [4.69, 9.17) is 4.43 Å². The largest absolute Gasteiger partial charge is 0.544 e. The highest BCUT2D eigenvalue weighted by Gasteiger charge is 2.20. The van der Waals surface area contributed by atoms with Crippen molar-refractivity contribution >= 4 is 8.32 Å². The average molecular weight is 182 g/mol. The second kappa shape index (κ2) is 3.94. The molecule has 1 nitrogen and oxygen atoms in total. The predicted molar refractivity (Wildman–Crippen MR) is 55.3 cm³/mol. The van der Waals surface area contributed by atoms with E-state index in [2.05, 4.69) is 25.7 Å². The van der Waals surface area contributed by atoms with Crippen molar-refractivity contribution in [3.05, 3.63) is 24.1 Å². The minimum atomic E-state index is -1.57. The molecule has 0 atom stereocenters. The lowest BCUT2D eigenvalue weighted by molar-refractivity contribution is 0.383. The summed E-state index contributed by atoms with van der Waals surface area (Å²) in [5.41, 5.74) is 1.99. The van der Waals surface area contributed by atoms with E-state index in [1.807, 2.05) is 5.70 Å². The van der Waals surface area contributed by atoms with E-state index in [0.29, 0.717) is 0 Å². The first-order chi connectivity index (χ1) is 5.64. The van der Waals surface area contributed by atoms with Crippen LogP contribution in [0.15, 0.2) is 24.1 Å². The molecule has 0 N–H and O–H groups in total. The Morgan fingerprint density at radius 2 is 2.25 bits per heavy atom. The van der Waals surface area contributed by atoms with E-state index in [9.17, 15) is 0 Å². The Bertz CT molecular complexity index is 194. The topological polar surface area (TPSA) is 9.23 Å². The summed E-state index contributed by atoms with van der Waals surface area (Å²) >= 11 is 0. The molecule has 0 fully saturated rings. The van der Waals surface area contributed by atoms with Gasteiger partial charge in [-0.15, -0.1) is 6.58 Å². The van der Waals surface area contributed by atoms with E-state index in [-0.39, 0.29) is 0 Å². The minimum absolute atomic E-state index is 1.13. The number of hydrogen-bond donors (Lipinski definition) is 0. The fourth-order valence-corrected chi connectivity index (χ4v) is 2.23. The predicted octanol–water partition coefficient (Wildman–Crippen LogP) is 3.39. The van der Waals surface area contributed by atoms with Crippen molar-refractivity contribution in [2.75, 3.05) is 0 Å². The first-order valence-corrected chi connectivity index (χ1v) is 7.64. The molecule has 0 saturated heterocycles. The molecular formula is C10H18OSi. The highest BCUT2D eigenvalue weighted by Crippen LogP contribution is 2.22. The van der Waals surface area contributed by atoms with Gasteiger partial charge in [0.15, 0.2) is 0 Å².